The Labute approximate surface area is 203 Å². The van der Waals surface area contributed by atoms with Crippen molar-refractivity contribution in [1.82, 2.24) is 14.8 Å². The van der Waals surface area contributed by atoms with Crippen LogP contribution in [0.3, 0.4) is 0 Å². The quantitative estimate of drug-likeness (QED) is 0.337. The number of halogens is 1. The fraction of sp³-hybridized carbons (Fsp3) is 0.667. The lowest BCUT2D eigenvalue weighted by atomic mass is 9.69. The van der Waals surface area contributed by atoms with E-state index in [1.807, 2.05) is 28.9 Å². The first-order valence-corrected chi connectivity index (χ1v) is 13.1. The molecular weight excluding hydrogens is 434 g/mol. The third-order valence-electron chi connectivity index (χ3n) is 8.04. The Bertz CT molecular complexity index is 899. The maximum atomic E-state index is 13.6. The standard InChI is InChI=1S/C27H38ClN3O2/c1-19(2)24-13-8-20(3)15-21(24)16-26(32)33-27(22-9-11-23(28)12-10-22)14-6-4-5-7-25(27)31-18-29-17-30-31/h9-12,17-21,24-25H,4-8,13-16H2,1-3H3/t20-,21?,24+,25+,27+/m1/s1. The Morgan fingerprint density at radius 1 is 1.18 bits per heavy atom. The van der Waals surface area contributed by atoms with Gasteiger partial charge in [-0.2, -0.15) is 5.10 Å². The highest BCUT2D eigenvalue weighted by molar-refractivity contribution is 6.30. The van der Waals surface area contributed by atoms with Gasteiger partial charge in [-0.15, -0.1) is 0 Å². The second kappa shape index (κ2) is 10.6. The Balaban J connectivity index is 1.66. The van der Waals surface area contributed by atoms with Gasteiger partial charge >= 0.3 is 5.97 Å². The maximum Gasteiger partial charge on any atom is 0.307 e. The summed E-state index contributed by atoms with van der Waals surface area (Å²) in [5.74, 6) is 2.14. The van der Waals surface area contributed by atoms with Gasteiger partial charge in [-0.3, -0.25) is 4.79 Å². The van der Waals surface area contributed by atoms with E-state index in [0.717, 1.165) is 44.1 Å². The van der Waals surface area contributed by atoms with Gasteiger partial charge < -0.3 is 4.74 Å². The number of benzene rings is 1. The van der Waals surface area contributed by atoms with Crippen LogP contribution in [0.15, 0.2) is 36.9 Å². The van der Waals surface area contributed by atoms with E-state index in [4.69, 9.17) is 16.3 Å². The largest absolute Gasteiger partial charge is 0.452 e. The molecule has 5 nitrogen and oxygen atoms in total. The molecule has 0 bridgehead atoms. The molecular formula is C27H38ClN3O2. The van der Waals surface area contributed by atoms with Crippen LogP contribution in [0.2, 0.25) is 5.02 Å². The summed E-state index contributed by atoms with van der Waals surface area (Å²) >= 11 is 6.22. The summed E-state index contributed by atoms with van der Waals surface area (Å²) in [6.45, 7) is 6.90. The van der Waals surface area contributed by atoms with Gasteiger partial charge in [-0.1, -0.05) is 63.8 Å². The van der Waals surface area contributed by atoms with Gasteiger partial charge in [0, 0.05) is 11.4 Å². The minimum Gasteiger partial charge on any atom is -0.452 e. The fourth-order valence-corrected chi connectivity index (χ4v) is 6.49. The lowest BCUT2D eigenvalue weighted by Gasteiger charge is -2.41. The van der Waals surface area contributed by atoms with Crippen LogP contribution in [0, 0.1) is 23.7 Å². The zero-order chi connectivity index (χ0) is 23.4. The summed E-state index contributed by atoms with van der Waals surface area (Å²) in [7, 11) is 0. The number of carbonyl (C=O) groups excluding carboxylic acids is 1. The third kappa shape index (κ3) is 5.45. The fourth-order valence-electron chi connectivity index (χ4n) is 6.37. The molecule has 5 atom stereocenters. The number of carbonyl (C=O) groups is 1. The second-order valence-corrected chi connectivity index (χ2v) is 11.1. The molecule has 0 spiro atoms. The third-order valence-corrected chi connectivity index (χ3v) is 8.29. The zero-order valence-corrected chi connectivity index (χ0v) is 21.0. The molecule has 2 fully saturated rings. The Morgan fingerprint density at radius 3 is 2.67 bits per heavy atom. The molecule has 2 aliphatic carbocycles. The summed E-state index contributed by atoms with van der Waals surface area (Å²) in [6.07, 6.45) is 12.3. The second-order valence-electron chi connectivity index (χ2n) is 10.7. The van der Waals surface area contributed by atoms with Crippen LogP contribution in [0.1, 0.15) is 90.2 Å². The van der Waals surface area contributed by atoms with Gasteiger partial charge in [0.25, 0.3) is 0 Å². The molecule has 2 aromatic rings. The highest BCUT2D eigenvalue weighted by Crippen LogP contribution is 2.47. The molecule has 2 saturated carbocycles. The van der Waals surface area contributed by atoms with Gasteiger partial charge in [0.15, 0.2) is 5.60 Å². The average molecular weight is 472 g/mol. The molecule has 33 heavy (non-hydrogen) atoms. The molecule has 1 unspecified atom stereocenters. The van der Waals surface area contributed by atoms with Crippen LogP contribution >= 0.6 is 11.6 Å². The Morgan fingerprint density at radius 2 is 1.97 bits per heavy atom. The van der Waals surface area contributed by atoms with Crippen molar-refractivity contribution in [3.63, 3.8) is 0 Å². The first kappa shape index (κ1) is 24.3. The minimum absolute atomic E-state index is 0.0817. The van der Waals surface area contributed by atoms with E-state index in [1.54, 1.807) is 12.7 Å². The monoisotopic (exact) mass is 471 g/mol. The number of hydrogen-bond donors (Lipinski definition) is 0. The molecule has 0 aliphatic heterocycles. The van der Waals surface area contributed by atoms with Gasteiger partial charge in [-0.25, -0.2) is 9.67 Å². The predicted molar refractivity (Wildman–Crippen MR) is 131 cm³/mol. The molecule has 180 valence electrons. The van der Waals surface area contributed by atoms with E-state index >= 15 is 0 Å². The van der Waals surface area contributed by atoms with E-state index in [-0.39, 0.29) is 12.0 Å². The zero-order valence-electron chi connectivity index (χ0n) is 20.3. The van der Waals surface area contributed by atoms with Crippen LogP contribution in [0.25, 0.3) is 0 Å². The average Bonchev–Trinajstić information content (AvgIpc) is 3.22. The molecule has 6 heteroatoms. The van der Waals surface area contributed by atoms with Gasteiger partial charge in [0.1, 0.15) is 12.7 Å². The van der Waals surface area contributed by atoms with Gasteiger partial charge in [-0.05, 0) is 73.5 Å². The molecule has 0 radical (unpaired) electrons. The SMILES string of the molecule is CC(C)[C@@H]1CC[C@@H](C)CC1CC(=O)O[C@]1(c2ccc(Cl)cc2)CCCCC[C@@H]1n1cncn1. The molecule has 0 saturated heterocycles. The van der Waals surface area contributed by atoms with Crippen LogP contribution in [0.4, 0.5) is 0 Å². The molecule has 0 amide bonds. The molecule has 2 aliphatic rings. The summed E-state index contributed by atoms with van der Waals surface area (Å²) in [5.41, 5.74) is 0.236. The van der Waals surface area contributed by atoms with E-state index in [9.17, 15) is 4.79 Å². The topological polar surface area (TPSA) is 57.0 Å². The molecule has 1 heterocycles. The molecule has 1 aromatic heterocycles. The van der Waals surface area contributed by atoms with Gasteiger partial charge in [0.05, 0.1) is 6.04 Å². The Hall–Kier alpha value is -1.88. The number of hydrogen-bond acceptors (Lipinski definition) is 4. The Kier molecular flexibility index (Phi) is 7.78. The van der Waals surface area contributed by atoms with Crippen molar-refractivity contribution in [2.24, 2.45) is 23.7 Å². The van der Waals surface area contributed by atoms with Crippen molar-refractivity contribution in [2.75, 3.05) is 0 Å². The number of nitrogens with zero attached hydrogens (tertiary/aromatic N) is 3. The first-order valence-electron chi connectivity index (χ1n) is 12.7. The van der Waals surface area contributed by atoms with E-state index in [2.05, 4.69) is 30.9 Å². The van der Waals surface area contributed by atoms with Gasteiger partial charge in [0.2, 0.25) is 0 Å². The smallest absolute Gasteiger partial charge is 0.307 e. The number of ether oxygens (including phenoxy) is 1. The van der Waals surface area contributed by atoms with Crippen molar-refractivity contribution in [3.8, 4) is 0 Å². The summed E-state index contributed by atoms with van der Waals surface area (Å²) < 4.78 is 8.51. The van der Waals surface area contributed by atoms with Crippen LogP contribution in [-0.2, 0) is 15.1 Å². The van der Waals surface area contributed by atoms with Crippen LogP contribution < -0.4 is 0 Å². The number of rotatable bonds is 6. The van der Waals surface area contributed by atoms with Crippen molar-refractivity contribution in [2.45, 2.75) is 90.2 Å². The minimum atomic E-state index is -0.764. The van der Waals surface area contributed by atoms with E-state index in [1.165, 1.54) is 12.8 Å². The molecule has 0 N–H and O–H groups in total. The summed E-state index contributed by atoms with van der Waals surface area (Å²) in [5, 5.41) is 5.16. The summed E-state index contributed by atoms with van der Waals surface area (Å²) in [6, 6.07) is 7.74. The number of aromatic nitrogens is 3. The normalized spacial score (nSPS) is 30.7. The lowest BCUT2D eigenvalue weighted by molar-refractivity contribution is -0.171. The predicted octanol–water partition coefficient (Wildman–Crippen LogP) is 6.97. The highest BCUT2D eigenvalue weighted by Gasteiger charge is 2.47. The van der Waals surface area contributed by atoms with Crippen molar-refractivity contribution in [3.05, 3.63) is 47.5 Å². The van der Waals surface area contributed by atoms with Crippen molar-refractivity contribution < 1.29 is 9.53 Å². The molecule has 1 aromatic carbocycles. The van der Waals surface area contributed by atoms with Crippen LogP contribution in [-0.4, -0.2) is 20.7 Å². The first-order chi connectivity index (χ1) is 15.9. The van der Waals surface area contributed by atoms with Crippen molar-refractivity contribution >= 4 is 17.6 Å². The summed E-state index contributed by atoms with van der Waals surface area (Å²) in [4.78, 5) is 17.8. The highest BCUT2D eigenvalue weighted by atomic mass is 35.5. The lowest BCUT2D eigenvalue weighted by Crippen LogP contribution is -2.42. The van der Waals surface area contributed by atoms with Crippen LogP contribution in [0.5, 0.6) is 0 Å². The van der Waals surface area contributed by atoms with E-state index < -0.39 is 5.60 Å². The van der Waals surface area contributed by atoms with Crippen molar-refractivity contribution in [1.29, 1.82) is 0 Å². The maximum absolute atomic E-state index is 13.6. The number of esters is 1. The molecule has 4 rings (SSSR count). The van der Waals surface area contributed by atoms with E-state index in [0.29, 0.717) is 35.1 Å².